The highest BCUT2D eigenvalue weighted by Crippen LogP contribution is 2.35. The molecule has 4 rings (SSSR count). The molecule has 4 nitrogen and oxygen atoms in total. The van der Waals surface area contributed by atoms with Crippen LogP contribution in [0.1, 0.15) is 24.5 Å². The molecule has 1 saturated heterocycles. The van der Waals surface area contributed by atoms with Crippen LogP contribution in [0.4, 0.5) is 8.78 Å². The molecular weight excluding hydrogens is 312 g/mol. The van der Waals surface area contributed by atoms with E-state index >= 15 is 0 Å². The molecule has 0 bridgehead atoms. The van der Waals surface area contributed by atoms with Gasteiger partial charge in [-0.2, -0.15) is 0 Å². The minimum atomic E-state index is -0.581. The maximum absolute atomic E-state index is 14.0. The lowest BCUT2D eigenvalue weighted by molar-refractivity contribution is -0.0472. The van der Waals surface area contributed by atoms with Crippen LogP contribution >= 0.6 is 0 Å². The van der Waals surface area contributed by atoms with Gasteiger partial charge >= 0.3 is 0 Å². The molecule has 3 aliphatic rings. The number of benzene rings is 1. The maximum atomic E-state index is 14.0. The fraction of sp³-hybridized carbons (Fsp3) is 0.556. The Morgan fingerprint density at radius 3 is 2.83 bits per heavy atom. The molecule has 0 saturated carbocycles. The topological polar surface area (TPSA) is 41.7 Å². The van der Waals surface area contributed by atoms with Crippen molar-refractivity contribution in [1.29, 1.82) is 0 Å². The summed E-state index contributed by atoms with van der Waals surface area (Å²) in [5, 5.41) is 0. The van der Waals surface area contributed by atoms with E-state index in [-0.39, 0.29) is 17.6 Å². The Bertz CT molecular complexity index is 678. The quantitative estimate of drug-likeness (QED) is 0.898. The fourth-order valence-electron chi connectivity index (χ4n) is 4.16. The molecule has 130 valence electrons. The normalized spacial score (nSPS) is 31.0. The monoisotopic (exact) mass is 335 g/mol. The summed E-state index contributed by atoms with van der Waals surface area (Å²) in [5.41, 5.74) is 9.44. The Hall–Kier alpha value is -1.50. The number of nitrogens with two attached hydrogens (primary N) is 1. The molecule has 0 aliphatic carbocycles. The van der Waals surface area contributed by atoms with E-state index in [0.29, 0.717) is 6.61 Å². The van der Waals surface area contributed by atoms with Crippen LogP contribution in [0.5, 0.6) is 0 Å². The number of hydrogen-bond donors (Lipinski definition) is 1. The second-order valence-corrected chi connectivity index (χ2v) is 7.10. The van der Waals surface area contributed by atoms with Gasteiger partial charge in [-0.05, 0) is 36.6 Å². The zero-order chi connectivity index (χ0) is 16.8. The van der Waals surface area contributed by atoms with E-state index in [1.54, 1.807) is 0 Å². The highest BCUT2D eigenvalue weighted by molar-refractivity contribution is 5.27. The smallest absolute Gasteiger partial charge is 0.129 e. The standard InChI is InChI=1S/C18H23F2N3O/c1-22-5-4-11-8-23(9-17(11)22)13-7-16(21)18(24-10-13)14-6-12(19)2-3-15(14)20/h2-3,6,13,16,18H,4-5,7-10,21H2,1H3/t13-,16+,18-/m1/s1. The molecule has 0 radical (unpaired) electrons. The number of hydrogen-bond acceptors (Lipinski definition) is 4. The van der Waals surface area contributed by atoms with Gasteiger partial charge in [-0.15, -0.1) is 0 Å². The van der Waals surface area contributed by atoms with Crippen LogP contribution in [0.2, 0.25) is 0 Å². The van der Waals surface area contributed by atoms with Crippen molar-refractivity contribution in [2.45, 2.75) is 31.0 Å². The number of halogens is 2. The first-order valence-corrected chi connectivity index (χ1v) is 8.51. The summed E-state index contributed by atoms with van der Waals surface area (Å²) < 4.78 is 33.3. The minimum Gasteiger partial charge on any atom is -0.377 e. The van der Waals surface area contributed by atoms with Gasteiger partial charge < -0.3 is 15.4 Å². The molecule has 1 fully saturated rings. The second kappa shape index (κ2) is 6.10. The summed E-state index contributed by atoms with van der Waals surface area (Å²) in [7, 11) is 2.14. The fourth-order valence-corrected chi connectivity index (χ4v) is 4.16. The minimum absolute atomic E-state index is 0.225. The molecule has 2 N–H and O–H groups in total. The Labute approximate surface area is 140 Å². The predicted octanol–water partition coefficient (Wildman–Crippen LogP) is 2.03. The number of nitrogens with zero attached hydrogens (tertiary/aromatic N) is 2. The van der Waals surface area contributed by atoms with Crippen molar-refractivity contribution in [3.8, 4) is 0 Å². The lowest BCUT2D eigenvalue weighted by atomic mass is 9.93. The molecule has 3 atom stereocenters. The van der Waals surface area contributed by atoms with Gasteiger partial charge in [0, 0.05) is 50.0 Å². The summed E-state index contributed by atoms with van der Waals surface area (Å²) in [5.74, 6) is -0.925. The molecule has 0 unspecified atom stereocenters. The van der Waals surface area contributed by atoms with Crippen LogP contribution in [-0.2, 0) is 4.74 Å². The van der Waals surface area contributed by atoms with Gasteiger partial charge in [-0.25, -0.2) is 8.78 Å². The van der Waals surface area contributed by atoms with Crippen molar-refractivity contribution in [3.05, 3.63) is 46.7 Å². The molecule has 0 spiro atoms. The highest BCUT2D eigenvalue weighted by Gasteiger charge is 2.38. The highest BCUT2D eigenvalue weighted by atomic mass is 19.1. The van der Waals surface area contributed by atoms with Crippen LogP contribution in [0.15, 0.2) is 29.5 Å². The van der Waals surface area contributed by atoms with Crippen molar-refractivity contribution in [1.82, 2.24) is 9.80 Å². The third kappa shape index (κ3) is 2.72. The largest absolute Gasteiger partial charge is 0.377 e. The van der Waals surface area contributed by atoms with E-state index in [2.05, 4.69) is 16.8 Å². The molecule has 0 aromatic heterocycles. The van der Waals surface area contributed by atoms with Crippen molar-refractivity contribution >= 4 is 0 Å². The van der Waals surface area contributed by atoms with Crippen LogP contribution < -0.4 is 5.73 Å². The predicted molar refractivity (Wildman–Crippen MR) is 87.3 cm³/mol. The molecular formula is C18H23F2N3O. The Kier molecular flexibility index (Phi) is 4.06. The first kappa shape index (κ1) is 16.0. The van der Waals surface area contributed by atoms with Crippen molar-refractivity contribution in [2.75, 3.05) is 33.3 Å². The third-order valence-corrected chi connectivity index (χ3v) is 5.55. The lowest BCUT2D eigenvalue weighted by Gasteiger charge is -2.39. The lowest BCUT2D eigenvalue weighted by Crippen LogP contribution is -2.49. The van der Waals surface area contributed by atoms with Crippen molar-refractivity contribution < 1.29 is 13.5 Å². The summed E-state index contributed by atoms with van der Waals surface area (Å²) in [6.45, 7) is 3.52. The van der Waals surface area contributed by atoms with E-state index in [9.17, 15) is 8.78 Å². The van der Waals surface area contributed by atoms with Crippen LogP contribution in [-0.4, -0.2) is 55.2 Å². The Morgan fingerprint density at radius 1 is 1.25 bits per heavy atom. The first-order valence-electron chi connectivity index (χ1n) is 8.51. The molecule has 3 aliphatic heterocycles. The average molecular weight is 335 g/mol. The number of ether oxygens (including phenoxy) is 1. The summed E-state index contributed by atoms with van der Waals surface area (Å²) >= 11 is 0. The SMILES string of the molecule is CN1CCC2=C1CN([C@H]1CO[C@H](c3cc(F)ccc3F)[C@@H](N)C1)C2. The van der Waals surface area contributed by atoms with Gasteiger partial charge in [0.25, 0.3) is 0 Å². The second-order valence-electron chi connectivity index (χ2n) is 7.10. The summed E-state index contributed by atoms with van der Waals surface area (Å²) in [6, 6.07) is 3.34. The molecule has 1 aromatic rings. The van der Waals surface area contributed by atoms with E-state index in [1.807, 2.05) is 0 Å². The third-order valence-electron chi connectivity index (χ3n) is 5.55. The van der Waals surface area contributed by atoms with Gasteiger partial charge in [0.05, 0.1) is 6.61 Å². The van der Waals surface area contributed by atoms with Gasteiger partial charge in [0.1, 0.15) is 17.7 Å². The van der Waals surface area contributed by atoms with E-state index in [1.165, 1.54) is 17.3 Å². The van der Waals surface area contributed by atoms with Gasteiger partial charge in [0.15, 0.2) is 0 Å². The van der Waals surface area contributed by atoms with Gasteiger partial charge in [-0.1, -0.05) is 0 Å². The number of rotatable bonds is 2. The average Bonchev–Trinajstić information content (AvgIpc) is 3.12. The zero-order valence-corrected chi connectivity index (χ0v) is 13.8. The Morgan fingerprint density at radius 2 is 2.08 bits per heavy atom. The van der Waals surface area contributed by atoms with Crippen LogP contribution in [0.3, 0.4) is 0 Å². The van der Waals surface area contributed by atoms with E-state index < -0.39 is 17.7 Å². The summed E-state index contributed by atoms with van der Waals surface area (Å²) in [4.78, 5) is 4.72. The summed E-state index contributed by atoms with van der Waals surface area (Å²) in [6.07, 6.45) is 1.28. The van der Waals surface area contributed by atoms with Crippen LogP contribution in [0, 0.1) is 11.6 Å². The maximum Gasteiger partial charge on any atom is 0.129 e. The van der Waals surface area contributed by atoms with Gasteiger partial charge in [-0.3, -0.25) is 4.90 Å². The van der Waals surface area contributed by atoms with Crippen molar-refractivity contribution in [2.24, 2.45) is 5.73 Å². The van der Waals surface area contributed by atoms with E-state index in [4.69, 9.17) is 10.5 Å². The van der Waals surface area contributed by atoms with Crippen molar-refractivity contribution in [3.63, 3.8) is 0 Å². The molecule has 3 heterocycles. The molecule has 6 heteroatoms. The van der Waals surface area contributed by atoms with Gasteiger partial charge in [0.2, 0.25) is 0 Å². The Balaban J connectivity index is 1.43. The number of likely N-dealkylation sites (N-methyl/N-ethyl adjacent to an activating group) is 1. The molecule has 1 aromatic carbocycles. The first-order chi connectivity index (χ1) is 11.5. The van der Waals surface area contributed by atoms with Crippen LogP contribution in [0.25, 0.3) is 0 Å². The molecule has 0 amide bonds. The zero-order valence-electron chi connectivity index (χ0n) is 13.8. The van der Waals surface area contributed by atoms with E-state index in [0.717, 1.165) is 44.6 Å². The molecule has 24 heavy (non-hydrogen) atoms.